The molecule has 3 rings (SSSR count). The number of ether oxygens (including phenoxy) is 3. The van der Waals surface area contributed by atoms with Gasteiger partial charge in [0, 0.05) is 31.4 Å². The number of nitrogens with one attached hydrogen (secondary N) is 1. The number of alkyl halides is 3. The zero-order chi connectivity index (χ0) is 20.7. The molecule has 0 radical (unpaired) electrons. The van der Waals surface area contributed by atoms with E-state index in [9.17, 15) is 18.0 Å². The molecule has 1 aliphatic rings. The van der Waals surface area contributed by atoms with Gasteiger partial charge in [-0.1, -0.05) is 35.5 Å². The Morgan fingerprint density at radius 1 is 1.24 bits per heavy atom. The first-order valence-electron chi connectivity index (χ1n) is 9.13. The molecule has 1 aliphatic heterocycles. The van der Waals surface area contributed by atoms with Gasteiger partial charge in [-0.2, -0.15) is 0 Å². The number of benzene rings is 1. The van der Waals surface area contributed by atoms with E-state index in [-0.39, 0.29) is 23.6 Å². The van der Waals surface area contributed by atoms with Gasteiger partial charge in [-0.15, -0.1) is 13.2 Å². The number of halogens is 3. The summed E-state index contributed by atoms with van der Waals surface area (Å²) >= 11 is 0. The summed E-state index contributed by atoms with van der Waals surface area (Å²) in [5.41, 5.74) is 0.224. The van der Waals surface area contributed by atoms with Gasteiger partial charge >= 0.3 is 6.36 Å². The highest BCUT2D eigenvalue weighted by molar-refractivity contribution is 5.92. The molecule has 1 fully saturated rings. The number of hydrogen-bond acceptors (Lipinski definition) is 6. The predicted molar refractivity (Wildman–Crippen MR) is 93.5 cm³/mol. The van der Waals surface area contributed by atoms with E-state index in [1.54, 1.807) is 18.2 Å². The number of aromatic nitrogens is 1. The van der Waals surface area contributed by atoms with Crippen LogP contribution in [0.2, 0.25) is 0 Å². The van der Waals surface area contributed by atoms with Crippen molar-refractivity contribution in [3.05, 3.63) is 53.4 Å². The molecule has 1 aromatic heterocycles. The first-order valence-corrected chi connectivity index (χ1v) is 9.13. The molecule has 29 heavy (non-hydrogen) atoms. The molecule has 1 N–H and O–H groups in total. The number of carbonyl (C=O) groups is 1. The van der Waals surface area contributed by atoms with E-state index in [4.69, 9.17) is 14.0 Å². The standard InChI is InChI=1S/C19H21F3N2O5/c20-19(21,22)28-18(14-4-2-1-3-5-14)27-12-15-10-16(24-29-15)17(25)23-11-13-6-8-26-9-7-13/h1-5,10,13,18H,6-9,11-12H2,(H,23,25). The van der Waals surface area contributed by atoms with E-state index < -0.39 is 18.6 Å². The summed E-state index contributed by atoms with van der Waals surface area (Å²) in [5.74, 6) is 0.0270. The van der Waals surface area contributed by atoms with Gasteiger partial charge in [-0.25, -0.2) is 0 Å². The Kier molecular flexibility index (Phi) is 7.24. The van der Waals surface area contributed by atoms with Gasteiger partial charge < -0.3 is 19.3 Å². The van der Waals surface area contributed by atoms with Crippen molar-refractivity contribution in [1.29, 1.82) is 0 Å². The van der Waals surface area contributed by atoms with Crippen LogP contribution in [-0.4, -0.2) is 37.2 Å². The van der Waals surface area contributed by atoms with Crippen LogP contribution in [0.15, 0.2) is 40.9 Å². The minimum absolute atomic E-state index is 0.0312. The lowest BCUT2D eigenvalue weighted by molar-refractivity contribution is -0.384. The number of carbonyl (C=O) groups excluding carboxylic acids is 1. The van der Waals surface area contributed by atoms with Gasteiger partial charge in [0.1, 0.15) is 6.61 Å². The van der Waals surface area contributed by atoms with E-state index in [1.165, 1.54) is 18.2 Å². The molecule has 0 bridgehead atoms. The zero-order valence-corrected chi connectivity index (χ0v) is 15.5. The maximum atomic E-state index is 12.7. The minimum Gasteiger partial charge on any atom is -0.381 e. The molecule has 1 atom stereocenters. The van der Waals surface area contributed by atoms with E-state index >= 15 is 0 Å². The van der Waals surface area contributed by atoms with Gasteiger partial charge in [0.2, 0.25) is 0 Å². The molecule has 2 heterocycles. The summed E-state index contributed by atoms with van der Waals surface area (Å²) in [7, 11) is 0. The topological polar surface area (TPSA) is 82.8 Å². The number of rotatable bonds is 8. The van der Waals surface area contributed by atoms with Crippen molar-refractivity contribution in [2.24, 2.45) is 5.92 Å². The van der Waals surface area contributed by atoms with Crippen LogP contribution in [0.4, 0.5) is 13.2 Å². The van der Waals surface area contributed by atoms with Crippen molar-refractivity contribution >= 4 is 5.91 Å². The van der Waals surface area contributed by atoms with E-state index in [2.05, 4.69) is 15.2 Å². The fourth-order valence-electron chi connectivity index (χ4n) is 2.85. The maximum Gasteiger partial charge on any atom is 0.525 e. The van der Waals surface area contributed by atoms with E-state index in [1.807, 2.05) is 0 Å². The van der Waals surface area contributed by atoms with Gasteiger partial charge in [0.05, 0.1) is 0 Å². The Balaban J connectivity index is 1.54. The summed E-state index contributed by atoms with van der Waals surface area (Å²) in [5, 5.41) is 6.42. The summed E-state index contributed by atoms with van der Waals surface area (Å²) in [4.78, 5) is 12.2. The van der Waals surface area contributed by atoms with E-state index in [0.717, 1.165) is 12.8 Å². The molecule has 1 unspecified atom stereocenters. The highest BCUT2D eigenvalue weighted by Gasteiger charge is 2.35. The molecule has 10 heteroatoms. The Hall–Kier alpha value is -2.43. The highest BCUT2D eigenvalue weighted by Crippen LogP contribution is 2.29. The quantitative estimate of drug-likeness (QED) is 0.665. The molecular weight excluding hydrogens is 393 g/mol. The second kappa shape index (κ2) is 9.86. The summed E-state index contributed by atoms with van der Waals surface area (Å²) < 4.78 is 57.5. The van der Waals surface area contributed by atoms with E-state index in [0.29, 0.717) is 25.7 Å². The van der Waals surface area contributed by atoms with Crippen molar-refractivity contribution in [3.8, 4) is 0 Å². The van der Waals surface area contributed by atoms with Crippen molar-refractivity contribution in [1.82, 2.24) is 10.5 Å². The Morgan fingerprint density at radius 3 is 2.66 bits per heavy atom. The molecule has 1 amide bonds. The molecule has 0 saturated carbocycles. The SMILES string of the molecule is O=C(NCC1CCOCC1)c1cc(COC(OC(F)(F)F)c2ccccc2)on1. The van der Waals surface area contributed by atoms with Gasteiger partial charge in [-0.05, 0) is 18.8 Å². The first-order chi connectivity index (χ1) is 13.9. The number of amides is 1. The van der Waals surface area contributed by atoms with Crippen molar-refractivity contribution in [2.45, 2.75) is 32.1 Å². The third-order valence-electron chi connectivity index (χ3n) is 4.37. The Morgan fingerprint density at radius 2 is 1.97 bits per heavy atom. The van der Waals surface area contributed by atoms with Crippen molar-refractivity contribution in [3.63, 3.8) is 0 Å². The molecule has 2 aromatic rings. The Labute approximate surface area is 165 Å². The van der Waals surface area contributed by atoms with Gasteiger partial charge in [-0.3, -0.25) is 9.53 Å². The van der Waals surface area contributed by atoms with Crippen LogP contribution in [0.25, 0.3) is 0 Å². The number of hydrogen-bond donors (Lipinski definition) is 1. The highest BCUT2D eigenvalue weighted by atomic mass is 19.4. The van der Waals surface area contributed by atoms with Crippen LogP contribution in [0.5, 0.6) is 0 Å². The minimum atomic E-state index is -4.88. The maximum absolute atomic E-state index is 12.7. The second-order valence-electron chi connectivity index (χ2n) is 6.56. The average molecular weight is 414 g/mol. The lowest BCUT2D eigenvalue weighted by atomic mass is 10.0. The molecule has 0 spiro atoms. The average Bonchev–Trinajstić information content (AvgIpc) is 3.19. The monoisotopic (exact) mass is 414 g/mol. The summed E-state index contributed by atoms with van der Waals surface area (Å²) in [6.45, 7) is 1.50. The van der Waals surface area contributed by atoms with Crippen molar-refractivity contribution < 1.29 is 36.7 Å². The van der Waals surface area contributed by atoms with Crippen LogP contribution >= 0.6 is 0 Å². The van der Waals surface area contributed by atoms with Crippen LogP contribution < -0.4 is 5.32 Å². The number of nitrogens with zero attached hydrogens (tertiary/aromatic N) is 1. The van der Waals surface area contributed by atoms with Crippen molar-refractivity contribution in [2.75, 3.05) is 19.8 Å². The fourth-order valence-corrected chi connectivity index (χ4v) is 2.85. The summed E-state index contributed by atoms with van der Waals surface area (Å²) in [6, 6.07) is 9.03. The lowest BCUT2D eigenvalue weighted by Gasteiger charge is -2.21. The fraction of sp³-hybridized carbons (Fsp3) is 0.474. The molecular formula is C19H21F3N2O5. The predicted octanol–water partition coefficient (Wildman–Crippen LogP) is 3.58. The third kappa shape index (κ3) is 6.84. The van der Waals surface area contributed by atoms with Crippen LogP contribution in [-0.2, 0) is 20.8 Å². The van der Waals surface area contributed by atoms with Gasteiger partial charge in [0.25, 0.3) is 5.91 Å². The smallest absolute Gasteiger partial charge is 0.381 e. The molecule has 1 saturated heterocycles. The normalized spacial score (nSPS) is 16.5. The largest absolute Gasteiger partial charge is 0.525 e. The van der Waals surface area contributed by atoms with Crippen LogP contribution in [0.1, 0.15) is 40.9 Å². The molecule has 0 aliphatic carbocycles. The lowest BCUT2D eigenvalue weighted by Crippen LogP contribution is -2.32. The summed E-state index contributed by atoms with van der Waals surface area (Å²) in [6.07, 6.45) is -4.81. The molecule has 158 valence electrons. The second-order valence-corrected chi connectivity index (χ2v) is 6.56. The van der Waals surface area contributed by atoms with Crippen LogP contribution in [0.3, 0.4) is 0 Å². The Bertz CT molecular complexity index is 776. The van der Waals surface area contributed by atoms with Gasteiger partial charge in [0.15, 0.2) is 17.7 Å². The zero-order valence-electron chi connectivity index (χ0n) is 15.5. The first kappa shape index (κ1) is 21.3. The molecule has 7 nitrogen and oxygen atoms in total. The molecule has 1 aromatic carbocycles. The van der Waals surface area contributed by atoms with Crippen LogP contribution in [0, 0.1) is 5.92 Å². The third-order valence-corrected chi connectivity index (χ3v) is 4.37.